The van der Waals surface area contributed by atoms with Crippen molar-refractivity contribution >= 4 is 19.7 Å². The average Bonchev–Trinajstić information content (AvgIpc) is 1.99. The molecule has 0 amide bonds. The molecule has 0 saturated carbocycles. The average molecular weight is 259 g/mol. The van der Waals surface area contributed by atoms with Crippen molar-refractivity contribution in [2.24, 2.45) is 5.73 Å². The lowest BCUT2D eigenvalue weighted by Gasteiger charge is -2.09. The highest BCUT2D eigenvalue weighted by molar-refractivity contribution is 7.94. The zero-order valence-electron chi connectivity index (χ0n) is 8.59. The molecule has 6 nitrogen and oxygen atoms in total. The summed E-state index contributed by atoms with van der Waals surface area (Å²) >= 11 is 0. The van der Waals surface area contributed by atoms with E-state index in [1.165, 1.54) is 0 Å². The van der Waals surface area contributed by atoms with Crippen LogP contribution < -0.4 is 5.73 Å². The normalized spacial score (nSPS) is 15.1. The molecule has 1 unspecified atom stereocenters. The largest absolute Gasteiger partial charge is 0.396 e. The Kier molecular flexibility index (Phi) is 5.71. The monoisotopic (exact) mass is 259 g/mol. The summed E-state index contributed by atoms with van der Waals surface area (Å²) in [6.07, 6.45) is 1.17. The summed E-state index contributed by atoms with van der Waals surface area (Å²) in [5.74, 6) is -1.09. The third-order valence-electron chi connectivity index (χ3n) is 1.73. The van der Waals surface area contributed by atoms with E-state index in [0.29, 0.717) is 0 Å². The van der Waals surface area contributed by atoms with Crippen LogP contribution >= 0.6 is 0 Å². The number of rotatable bonds is 7. The molecule has 1 atom stereocenters. The maximum Gasteiger partial charge on any atom is 0.152 e. The third-order valence-corrected chi connectivity index (χ3v) is 4.70. The molecule has 0 rings (SSSR count). The van der Waals surface area contributed by atoms with Crippen LogP contribution in [0.2, 0.25) is 0 Å². The van der Waals surface area contributed by atoms with Crippen LogP contribution in [0.3, 0.4) is 0 Å². The highest BCUT2D eigenvalue weighted by Gasteiger charge is 2.18. The van der Waals surface area contributed by atoms with Crippen molar-refractivity contribution in [3.63, 3.8) is 0 Å². The van der Waals surface area contributed by atoms with Gasteiger partial charge in [0.25, 0.3) is 0 Å². The first kappa shape index (κ1) is 14.8. The molecule has 92 valence electrons. The van der Waals surface area contributed by atoms with Gasteiger partial charge in [0.15, 0.2) is 9.84 Å². The van der Waals surface area contributed by atoms with E-state index in [-0.39, 0.29) is 24.5 Å². The van der Waals surface area contributed by atoms with E-state index in [1.54, 1.807) is 0 Å². The van der Waals surface area contributed by atoms with E-state index < -0.39 is 31.5 Å². The minimum Gasteiger partial charge on any atom is -0.396 e. The molecular weight excluding hydrogens is 242 g/mol. The Bertz CT molecular complexity index is 372. The molecule has 0 heterocycles. The smallest absolute Gasteiger partial charge is 0.152 e. The fourth-order valence-corrected chi connectivity index (χ4v) is 4.15. The molecule has 8 heteroatoms. The summed E-state index contributed by atoms with van der Waals surface area (Å²) in [4.78, 5) is 0. The molecule has 0 aliphatic heterocycles. The summed E-state index contributed by atoms with van der Waals surface area (Å²) in [5.41, 5.74) is 5.42. The van der Waals surface area contributed by atoms with Crippen molar-refractivity contribution in [1.29, 1.82) is 0 Å². The quantitative estimate of drug-likeness (QED) is 0.555. The van der Waals surface area contributed by atoms with E-state index in [2.05, 4.69) is 0 Å². The number of hydrogen-bond donors (Lipinski definition) is 2. The molecule has 0 fully saturated rings. The number of nitrogens with two attached hydrogens (primary N) is 1. The molecule has 0 saturated heterocycles. The molecule has 0 aliphatic carbocycles. The van der Waals surface area contributed by atoms with Crippen molar-refractivity contribution in [2.75, 3.05) is 30.1 Å². The van der Waals surface area contributed by atoms with Gasteiger partial charge in [0.2, 0.25) is 0 Å². The molecule has 0 bridgehead atoms. The third kappa shape index (κ3) is 8.79. The number of aliphatic hydroxyl groups excluding tert-OH is 1. The van der Waals surface area contributed by atoms with Gasteiger partial charge in [0.1, 0.15) is 9.84 Å². The Morgan fingerprint density at radius 3 is 2.13 bits per heavy atom. The Morgan fingerprint density at radius 2 is 1.73 bits per heavy atom. The fourth-order valence-electron chi connectivity index (χ4n) is 0.937. The molecule has 0 spiro atoms. The number of sulfone groups is 2. The Hall–Kier alpha value is -0.180. The van der Waals surface area contributed by atoms with Gasteiger partial charge >= 0.3 is 0 Å². The second kappa shape index (κ2) is 5.78. The van der Waals surface area contributed by atoms with Crippen molar-refractivity contribution in [1.82, 2.24) is 0 Å². The van der Waals surface area contributed by atoms with Crippen molar-refractivity contribution in [2.45, 2.75) is 12.5 Å². The summed E-state index contributed by atoms with van der Waals surface area (Å²) in [5, 5.41) is 8.52. The van der Waals surface area contributed by atoms with Crippen molar-refractivity contribution in [3.8, 4) is 0 Å². The van der Waals surface area contributed by atoms with Gasteiger partial charge in [-0.2, -0.15) is 0 Å². The van der Waals surface area contributed by atoms with Gasteiger partial charge < -0.3 is 10.8 Å². The number of hydrogen-bond acceptors (Lipinski definition) is 6. The molecule has 0 radical (unpaired) electrons. The zero-order valence-corrected chi connectivity index (χ0v) is 10.2. The van der Waals surface area contributed by atoms with Gasteiger partial charge in [0.05, 0.1) is 17.3 Å². The SMILES string of the molecule is CS(=O)(=O)CCS(=O)(=O)CC(N)CCO. The molecule has 0 aromatic heterocycles. The molecular formula is C7H17NO5S2. The lowest BCUT2D eigenvalue weighted by Crippen LogP contribution is -2.33. The van der Waals surface area contributed by atoms with Crippen molar-refractivity contribution in [3.05, 3.63) is 0 Å². The molecule has 3 N–H and O–H groups in total. The fraction of sp³-hybridized carbons (Fsp3) is 1.00. The maximum absolute atomic E-state index is 11.3. The highest BCUT2D eigenvalue weighted by atomic mass is 32.2. The predicted octanol–water partition coefficient (Wildman–Crippen LogP) is -1.84. The minimum absolute atomic E-state index is 0.178. The van der Waals surface area contributed by atoms with Crippen LogP contribution in [0, 0.1) is 0 Å². The maximum atomic E-state index is 11.3. The van der Waals surface area contributed by atoms with Gasteiger partial charge in [-0.15, -0.1) is 0 Å². The minimum atomic E-state index is -3.45. The topological polar surface area (TPSA) is 115 Å². The van der Waals surface area contributed by atoms with E-state index in [1.807, 2.05) is 0 Å². The van der Waals surface area contributed by atoms with Crippen molar-refractivity contribution < 1.29 is 21.9 Å². The summed E-state index contributed by atoms with van der Waals surface area (Å²) in [7, 11) is -6.73. The van der Waals surface area contributed by atoms with Gasteiger partial charge in [-0.1, -0.05) is 0 Å². The second-order valence-electron chi connectivity index (χ2n) is 3.52. The Morgan fingerprint density at radius 1 is 1.20 bits per heavy atom. The highest BCUT2D eigenvalue weighted by Crippen LogP contribution is 1.98. The summed E-state index contributed by atoms with van der Waals surface area (Å²) in [6.45, 7) is -0.178. The predicted molar refractivity (Wildman–Crippen MR) is 58.0 cm³/mol. The van der Waals surface area contributed by atoms with Crippen LogP contribution in [0.25, 0.3) is 0 Å². The van der Waals surface area contributed by atoms with Gasteiger partial charge in [-0.25, -0.2) is 16.8 Å². The molecule has 0 aliphatic rings. The van der Waals surface area contributed by atoms with Crippen LogP contribution in [0.5, 0.6) is 0 Å². The Balaban J connectivity index is 4.21. The van der Waals surface area contributed by atoms with E-state index >= 15 is 0 Å². The summed E-state index contributed by atoms with van der Waals surface area (Å²) in [6, 6.07) is -0.639. The van der Waals surface area contributed by atoms with Crippen LogP contribution in [-0.2, 0) is 19.7 Å². The van der Waals surface area contributed by atoms with Crippen LogP contribution in [0.4, 0.5) is 0 Å². The number of aliphatic hydroxyl groups is 1. The van der Waals surface area contributed by atoms with E-state index in [0.717, 1.165) is 6.26 Å². The first-order chi connectivity index (χ1) is 6.66. The zero-order chi connectivity index (χ0) is 12.1. The second-order valence-corrected chi connectivity index (χ2v) is 8.01. The van der Waals surface area contributed by atoms with Crippen LogP contribution in [0.1, 0.15) is 6.42 Å². The van der Waals surface area contributed by atoms with E-state index in [4.69, 9.17) is 10.8 Å². The summed E-state index contributed by atoms with van der Waals surface area (Å²) < 4.78 is 44.2. The molecule has 15 heavy (non-hydrogen) atoms. The van der Waals surface area contributed by atoms with Gasteiger partial charge in [0, 0.05) is 18.9 Å². The first-order valence-electron chi connectivity index (χ1n) is 4.41. The Labute approximate surface area is 90.3 Å². The lowest BCUT2D eigenvalue weighted by molar-refractivity contribution is 0.279. The van der Waals surface area contributed by atoms with Crippen LogP contribution in [-0.4, -0.2) is 58.1 Å². The van der Waals surface area contributed by atoms with E-state index in [9.17, 15) is 16.8 Å². The van der Waals surface area contributed by atoms with Crippen LogP contribution in [0.15, 0.2) is 0 Å². The molecule has 0 aromatic rings. The standard InChI is InChI=1S/C7H17NO5S2/c1-14(10,11)4-5-15(12,13)6-7(8)2-3-9/h7,9H,2-6,8H2,1H3. The van der Waals surface area contributed by atoms with Gasteiger partial charge in [-0.05, 0) is 6.42 Å². The first-order valence-corrected chi connectivity index (χ1v) is 8.29. The molecule has 0 aromatic carbocycles. The van der Waals surface area contributed by atoms with Gasteiger partial charge in [-0.3, -0.25) is 0 Å². The lowest BCUT2D eigenvalue weighted by atomic mass is 10.3.